The second-order valence-electron chi connectivity index (χ2n) is 7.62. The molecule has 3 rings (SSSR count). The van der Waals surface area contributed by atoms with Gasteiger partial charge in [0.15, 0.2) is 0 Å². The lowest BCUT2D eigenvalue weighted by molar-refractivity contribution is 0.00578. The van der Waals surface area contributed by atoms with E-state index < -0.39 is 24.7 Å². The number of hydrogen-bond acceptors (Lipinski definition) is 3. The standard InChI is InChI=1S/C17H24BF2NO2/c1-16(2)17(3,4)23-18(22-16)14-9-12(15(19)20)8-11-6-7-21(5)10-13(11)14/h8-9,15H,6-7,10H2,1-5H3. The number of likely N-dealkylation sites (N-methyl/N-ethyl adjacent to an activating group) is 1. The van der Waals surface area contributed by atoms with Gasteiger partial charge in [0.05, 0.1) is 11.2 Å². The average Bonchev–Trinajstić information content (AvgIpc) is 2.66. The normalized spacial score (nSPS) is 23.4. The number of hydrogen-bond donors (Lipinski definition) is 0. The molecule has 2 aliphatic rings. The fraction of sp³-hybridized carbons (Fsp3) is 0.647. The molecule has 0 N–H and O–H groups in total. The highest BCUT2D eigenvalue weighted by Gasteiger charge is 2.52. The van der Waals surface area contributed by atoms with Crippen LogP contribution in [0.3, 0.4) is 0 Å². The van der Waals surface area contributed by atoms with Crippen LogP contribution in [-0.2, 0) is 22.3 Å². The van der Waals surface area contributed by atoms with Gasteiger partial charge in [-0.3, -0.25) is 0 Å². The number of halogens is 2. The molecule has 0 aliphatic carbocycles. The molecular weight excluding hydrogens is 299 g/mol. The van der Waals surface area contributed by atoms with Crippen LogP contribution in [0.1, 0.15) is 50.8 Å². The molecule has 23 heavy (non-hydrogen) atoms. The van der Waals surface area contributed by atoms with Gasteiger partial charge in [-0.05, 0) is 63.8 Å². The molecule has 0 unspecified atom stereocenters. The van der Waals surface area contributed by atoms with Gasteiger partial charge in [-0.25, -0.2) is 8.78 Å². The highest BCUT2D eigenvalue weighted by Crippen LogP contribution is 2.37. The van der Waals surface area contributed by atoms with Gasteiger partial charge < -0.3 is 14.2 Å². The van der Waals surface area contributed by atoms with E-state index in [9.17, 15) is 8.78 Å². The summed E-state index contributed by atoms with van der Waals surface area (Å²) in [5, 5.41) is 0. The molecule has 1 fully saturated rings. The van der Waals surface area contributed by atoms with Crippen molar-refractivity contribution in [3.8, 4) is 0 Å². The zero-order chi connectivity index (χ0) is 17.0. The van der Waals surface area contributed by atoms with Crippen molar-refractivity contribution in [1.29, 1.82) is 0 Å². The van der Waals surface area contributed by atoms with Crippen LogP contribution in [0.15, 0.2) is 12.1 Å². The van der Waals surface area contributed by atoms with Crippen LogP contribution >= 0.6 is 0 Å². The second kappa shape index (κ2) is 5.54. The summed E-state index contributed by atoms with van der Waals surface area (Å²) in [7, 11) is 1.44. The van der Waals surface area contributed by atoms with E-state index in [2.05, 4.69) is 4.90 Å². The maximum absolute atomic E-state index is 13.3. The van der Waals surface area contributed by atoms with Crippen molar-refractivity contribution in [2.45, 2.75) is 58.3 Å². The fourth-order valence-electron chi connectivity index (χ4n) is 3.16. The zero-order valence-corrected chi connectivity index (χ0v) is 14.5. The van der Waals surface area contributed by atoms with Gasteiger partial charge in [-0.15, -0.1) is 0 Å². The lowest BCUT2D eigenvalue weighted by Crippen LogP contribution is -2.41. The van der Waals surface area contributed by atoms with Crippen molar-refractivity contribution >= 4 is 12.6 Å². The Morgan fingerprint density at radius 1 is 1.13 bits per heavy atom. The Bertz CT molecular complexity index is 603. The molecule has 0 atom stereocenters. The summed E-state index contributed by atoms with van der Waals surface area (Å²) in [5.41, 5.74) is 1.91. The highest BCUT2D eigenvalue weighted by molar-refractivity contribution is 6.62. The minimum atomic E-state index is -2.49. The Hall–Kier alpha value is -0.975. The van der Waals surface area contributed by atoms with E-state index in [1.165, 1.54) is 0 Å². The van der Waals surface area contributed by atoms with Crippen molar-refractivity contribution in [2.24, 2.45) is 0 Å². The molecule has 126 valence electrons. The molecule has 2 heterocycles. The molecule has 1 saturated heterocycles. The number of rotatable bonds is 2. The van der Waals surface area contributed by atoms with E-state index in [0.29, 0.717) is 0 Å². The number of alkyl halides is 2. The Morgan fingerprint density at radius 3 is 2.30 bits per heavy atom. The molecule has 0 aromatic heterocycles. The van der Waals surface area contributed by atoms with Gasteiger partial charge >= 0.3 is 7.12 Å². The van der Waals surface area contributed by atoms with Crippen molar-refractivity contribution in [1.82, 2.24) is 4.90 Å². The molecule has 0 radical (unpaired) electrons. The van der Waals surface area contributed by atoms with Gasteiger partial charge in [0, 0.05) is 18.7 Å². The first-order chi connectivity index (χ1) is 10.6. The first-order valence-electron chi connectivity index (χ1n) is 8.08. The van der Waals surface area contributed by atoms with E-state index in [-0.39, 0.29) is 5.56 Å². The van der Waals surface area contributed by atoms with Crippen LogP contribution in [0.4, 0.5) is 8.78 Å². The summed E-state index contributed by atoms with van der Waals surface area (Å²) in [4.78, 5) is 2.19. The minimum absolute atomic E-state index is 0.0537. The molecule has 0 saturated carbocycles. The molecule has 6 heteroatoms. The van der Waals surface area contributed by atoms with E-state index in [4.69, 9.17) is 9.31 Å². The fourth-order valence-corrected chi connectivity index (χ4v) is 3.16. The molecular formula is C17H24BF2NO2. The monoisotopic (exact) mass is 323 g/mol. The Kier molecular flexibility index (Phi) is 4.06. The number of fused-ring (bicyclic) bond motifs is 1. The van der Waals surface area contributed by atoms with Gasteiger partial charge in [-0.1, -0.05) is 6.07 Å². The predicted octanol–water partition coefficient (Wildman–Crippen LogP) is 2.91. The van der Waals surface area contributed by atoms with Crippen LogP contribution in [-0.4, -0.2) is 36.8 Å². The second-order valence-corrected chi connectivity index (χ2v) is 7.62. The summed E-state index contributed by atoms with van der Waals surface area (Å²) >= 11 is 0. The lowest BCUT2D eigenvalue weighted by atomic mass is 9.72. The predicted molar refractivity (Wildman–Crippen MR) is 87.2 cm³/mol. The first-order valence-corrected chi connectivity index (χ1v) is 8.08. The smallest absolute Gasteiger partial charge is 0.399 e. The average molecular weight is 323 g/mol. The molecule has 1 aromatic carbocycles. The van der Waals surface area contributed by atoms with E-state index in [1.54, 1.807) is 12.1 Å². The molecule has 0 amide bonds. The number of nitrogens with zero attached hydrogens (tertiary/aromatic N) is 1. The summed E-state index contributed by atoms with van der Waals surface area (Å²) in [6, 6.07) is 3.20. The van der Waals surface area contributed by atoms with Gasteiger partial charge in [-0.2, -0.15) is 0 Å². The Balaban J connectivity index is 2.06. The summed E-state index contributed by atoms with van der Waals surface area (Å²) in [5.74, 6) is 0. The van der Waals surface area contributed by atoms with Crippen molar-refractivity contribution in [2.75, 3.05) is 13.6 Å². The maximum atomic E-state index is 13.3. The van der Waals surface area contributed by atoms with Crippen LogP contribution in [0.5, 0.6) is 0 Å². The van der Waals surface area contributed by atoms with E-state index >= 15 is 0 Å². The van der Waals surface area contributed by atoms with Crippen molar-refractivity contribution in [3.63, 3.8) is 0 Å². The lowest BCUT2D eigenvalue weighted by Gasteiger charge is -2.32. The third kappa shape index (κ3) is 2.92. The Labute approximate surface area is 137 Å². The van der Waals surface area contributed by atoms with Crippen LogP contribution in [0.25, 0.3) is 0 Å². The first kappa shape index (κ1) is 16.9. The van der Waals surface area contributed by atoms with Gasteiger partial charge in [0.25, 0.3) is 6.43 Å². The summed E-state index contributed by atoms with van der Waals surface area (Å²) in [6.45, 7) is 9.51. The van der Waals surface area contributed by atoms with Crippen LogP contribution in [0.2, 0.25) is 0 Å². The molecule has 2 aliphatic heterocycles. The van der Waals surface area contributed by atoms with Crippen LogP contribution in [0, 0.1) is 0 Å². The Morgan fingerprint density at radius 2 is 1.74 bits per heavy atom. The highest BCUT2D eigenvalue weighted by atomic mass is 19.3. The molecule has 3 nitrogen and oxygen atoms in total. The number of benzene rings is 1. The molecule has 1 aromatic rings. The van der Waals surface area contributed by atoms with Gasteiger partial charge in [0.1, 0.15) is 0 Å². The summed E-state index contributed by atoms with van der Waals surface area (Å²) in [6.07, 6.45) is -1.71. The summed E-state index contributed by atoms with van der Waals surface area (Å²) < 4.78 is 38.8. The largest absolute Gasteiger partial charge is 0.495 e. The van der Waals surface area contributed by atoms with Crippen molar-refractivity contribution < 1.29 is 18.1 Å². The third-order valence-corrected chi connectivity index (χ3v) is 5.35. The molecule has 0 spiro atoms. The maximum Gasteiger partial charge on any atom is 0.495 e. The zero-order valence-electron chi connectivity index (χ0n) is 14.5. The van der Waals surface area contributed by atoms with Gasteiger partial charge in [0.2, 0.25) is 0 Å². The SMILES string of the molecule is CN1CCc2cc(C(F)F)cc(B3OC(C)(C)C(C)(C)O3)c2C1. The van der Waals surface area contributed by atoms with Crippen LogP contribution < -0.4 is 5.46 Å². The van der Waals surface area contributed by atoms with E-state index in [1.807, 2.05) is 34.7 Å². The topological polar surface area (TPSA) is 21.7 Å². The third-order valence-electron chi connectivity index (χ3n) is 5.35. The molecule has 0 bridgehead atoms. The quantitative estimate of drug-likeness (QED) is 0.781. The minimum Gasteiger partial charge on any atom is -0.399 e. The van der Waals surface area contributed by atoms with Crippen molar-refractivity contribution in [3.05, 3.63) is 28.8 Å². The van der Waals surface area contributed by atoms with E-state index in [0.717, 1.165) is 36.1 Å².